The maximum absolute atomic E-state index is 11.9. The van der Waals surface area contributed by atoms with Crippen molar-refractivity contribution >= 4 is 16.9 Å². The molecular formula is C10H12N2O2S. The number of aryl methyl sites for hydroxylation is 1. The zero-order valence-corrected chi connectivity index (χ0v) is 9.16. The third kappa shape index (κ3) is 2.08. The second kappa shape index (κ2) is 3.75. The zero-order valence-electron chi connectivity index (χ0n) is 8.34. The second-order valence-corrected chi connectivity index (χ2v) is 5.02. The van der Waals surface area contributed by atoms with E-state index in [4.69, 9.17) is 5.73 Å². The monoisotopic (exact) mass is 224 g/mol. The molecule has 0 aliphatic carbocycles. The van der Waals surface area contributed by atoms with Crippen LogP contribution in [0.25, 0.3) is 0 Å². The number of carbonyl (C=O) groups is 1. The van der Waals surface area contributed by atoms with Crippen molar-refractivity contribution in [2.45, 2.75) is 17.9 Å². The van der Waals surface area contributed by atoms with Gasteiger partial charge in [0.25, 0.3) is 0 Å². The summed E-state index contributed by atoms with van der Waals surface area (Å²) < 4.78 is 13.4. The lowest BCUT2D eigenvalue weighted by Crippen LogP contribution is -2.22. The molecule has 15 heavy (non-hydrogen) atoms. The Morgan fingerprint density at radius 2 is 2.07 bits per heavy atom. The molecule has 1 aromatic rings. The molecule has 80 valence electrons. The zero-order chi connectivity index (χ0) is 11.0. The summed E-state index contributed by atoms with van der Waals surface area (Å²) in [5.74, 6) is -0.407. The number of primary amides is 1. The van der Waals surface area contributed by atoms with Gasteiger partial charge in [0.15, 0.2) is 0 Å². The number of amides is 1. The van der Waals surface area contributed by atoms with Crippen LogP contribution in [0.4, 0.5) is 0 Å². The molecule has 1 aliphatic heterocycles. The molecule has 1 aromatic carbocycles. The van der Waals surface area contributed by atoms with E-state index in [1.165, 1.54) is 0 Å². The fraction of sp³-hybridized carbons (Fsp3) is 0.300. The van der Waals surface area contributed by atoms with Crippen LogP contribution in [-0.2, 0) is 15.8 Å². The van der Waals surface area contributed by atoms with E-state index in [1.54, 1.807) is 4.31 Å². The molecule has 4 nitrogen and oxygen atoms in total. The summed E-state index contributed by atoms with van der Waals surface area (Å²) >= 11 is 0. The van der Waals surface area contributed by atoms with E-state index in [9.17, 15) is 9.00 Å². The van der Waals surface area contributed by atoms with Gasteiger partial charge in [-0.3, -0.25) is 4.79 Å². The van der Waals surface area contributed by atoms with Gasteiger partial charge in [-0.05, 0) is 19.1 Å². The molecule has 2 N–H and O–H groups in total. The maximum atomic E-state index is 11.9. The molecular weight excluding hydrogens is 212 g/mol. The summed E-state index contributed by atoms with van der Waals surface area (Å²) in [5.41, 5.74) is 6.23. The van der Waals surface area contributed by atoms with Crippen LogP contribution in [-0.4, -0.2) is 27.0 Å². The van der Waals surface area contributed by atoms with E-state index in [1.807, 2.05) is 31.2 Å². The van der Waals surface area contributed by atoms with Gasteiger partial charge in [0, 0.05) is 6.54 Å². The average Bonchev–Trinajstić information content (AvgIpc) is 2.97. The Morgan fingerprint density at radius 3 is 2.53 bits per heavy atom. The fourth-order valence-corrected chi connectivity index (χ4v) is 2.58. The van der Waals surface area contributed by atoms with Crippen LogP contribution in [0, 0.1) is 6.92 Å². The van der Waals surface area contributed by atoms with Crippen molar-refractivity contribution in [3.63, 3.8) is 0 Å². The molecule has 3 atom stereocenters. The molecule has 0 bridgehead atoms. The van der Waals surface area contributed by atoms with Gasteiger partial charge in [0.05, 0.1) is 4.90 Å². The van der Waals surface area contributed by atoms with Crippen LogP contribution in [0.5, 0.6) is 0 Å². The average molecular weight is 224 g/mol. The van der Waals surface area contributed by atoms with E-state index in [0.717, 1.165) is 5.56 Å². The highest BCUT2D eigenvalue weighted by molar-refractivity contribution is 7.83. The van der Waals surface area contributed by atoms with Crippen molar-refractivity contribution in [3.8, 4) is 0 Å². The molecule has 1 fully saturated rings. The minimum Gasteiger partial charge on any atom is -0.368 e. The summed E-state index contributed by atoms with van der Waals surface area (Å²) in [6.45, 7) is 2.46. The van der Waals surface area contributed by atoms with E-state index >= 15 is 0 Å². The predicted molar refractivity (Wildman–Crippen MR) is 57.3 cm³/mol. The van der Waals surface area contributed by atoms with Crippen LogP contribution in [0.3, 0.4) is 0 Å². The molecule has 1 amide bonds. The fourth-order valence-electron chi connectivity index (χ4n) is 1.33. The first-order valence-corrected chi connectivity index (χ1v) is 5.75. The lowest BCUT2D eigenvalue weighted by atomic mass is 10.2. The number of hydrogen-bond donors (Lipinski definition) is 1. The first kappa shape index (κ1) is 10.3. The smallest absolute Gasteiger partial charge is 0.237 e. The van der Waals surface area contributed by atoms with Crippen LogP contribution in [0.2, 0.25) is 0 Å². The van der Waals surface area contributed by atoms with Gasteiger partial charge in [-0.25, -0.2) is 8.51 Å². The summed E-state index contributed by atoms with van der Waals surface area (Å²) in [6.07, 6.45) is 0. The topological polar surface area (TPSA) is 63.2 Å². The van der Waals surface area contributed by atoms with E-state index < -0.39 is 16.9 Å². The van der Waals surface area contributed by atoms with Crippen LogP contribution >= 0.6 is 0 Å². The van der Waals surface area contributed by atoms with Gasteiger partial charge in [-0.2, -0.15) is 0 Å². The molecule has 1 heterocycles. The Balaban J connectivity index is 2.10. The van der Waals surface area contributed by atoms with Crippen molar-refractivity contribution in [1.82, 2.24) is 4.31 Å². The normalized spacial score (nSPS) is 25.9. The molecule has 0 aromatic heterocycles. The SMILES string of the molecule is Cc1ccc([S@@](=O)N2CC2C(N)=O)cc1. The molecule has 0 spiro atoms. The second-order valence-electron chi connectivity index (χ2n) is 3.58. The third-order valence-electron chi connectivity index (χ3n) is 2.33. The number of benzene rings is 1. The first-order valence-electron chi connectivity index (χ1n) is 4.64. The van der Waals surface area contributed by atoms with Gasteiger partial charge in [0.2, 0.25) is 5.91 Å². The van der Waals surface area contributed by atoms with E-state index in [-0.39, 0.29) is 6.04 Å². The molecule has 0 saturated carbocycles. The standard InChI is InChI=1S/C10H12N2O2S/c1-7-2-4-8(5-3-7)15(14)12-6-9(12)10(11)13/h2-5,9H,6H2,1H3,(H2,11,13)/t9?,12?,15-/m1/s1. The highest BCUT2D eigenvalue weighted by atomic mass is 32.2. The van der Waals surface area contributed by atoms with Gasteiger partial charge in [-0.15, -0.1) is 0 Å². The van der Waals surface area contributed by atoms with Gasteiger partial charge in [-0.1, -0.05) is 17.7 Å². The molecule has 1 saturated heterocycles. The number of carbonyl (C=O) groups excluding carboxylic acids is 1. The Morgan fingerprint density at radius 1 is 1.47 bits per heavy atom. The van der Waals surface area contributed by atoms with Gasteiger partial charge >= 0.3 is 0 Å². The Bertz CT molecular complexity index is 416. The summed E-state index contributed by atoms with van der Waals surface area (Å²) in [4.78, 5) is 11.5. The highest BCUT2D eigenvalue weighted by Crippen LogP contribution is 2.24. The third-order valence-corrected chi connectivity index (χ3v) is 3.84. The summed E-state index contributed by atoms with van der Waals surface area (Å²) in [6, 6.07) is 7.06. The quantitative estimate of drug-likeness (QED) is 0.745. The summed E-state index contributed by atoms with van der Waals surface area (Å²) in [7, 11) is -1.25. The lowest BCUT2D eigenvalue weighted by molar-refractivity contribution is -0.117. The first-order chi connectivity index (χ1) is 7.09. The van der Waals surface area contributed by atoms with E-state index in [2.05, 4.69) is 0 Å². The highest BCUT2D eigenvalue weighted by Gasteiger charge is 2.43. The maximum Gasteiger partial charge on any atom is 0.237 e. The number of hydrogen-bond acceptors (Lipinski definition) is 2. The number of nitrogens with two attached hydrogens (primary N) is 1. The van der Waals surface area contributed by atoms with Crippen molar-refractivity contribution in [2.24, 2.45) is 5.73 Å². The number of rotatable bonds is 3. The Labute approximate surface area is 90.7 Å². The van der Waals surface area contributed by atoms with Crippen molar-refractivity contribution in [3.05, 3.63) is 29.8 Å². The number of nitrogens with zero attached hydrogens (tertiary/aromatic N) is 1. The van der Waals surface area contributed by atoms with Crippen LogP contribution in [0.1, 0.15) is 5.56 Å². The summed E-state index contributed by atoms with van der Waals surface area (Å²) in [5, 5.41) is 0. The van der Waals surface area contributed by atoms with Gasteiger partial charge in [0.1, 0.15) is 17.0 Å². The van der Waals surface area contributed by atoms with Crippen molar-refractivity contribution in [2.75, 3.05) is 6.54 Å². The Kier molecular flexibility index (Phi) is 2.58. The van der Waals surface area contributed by atoms with E-state index in [0.29, 0.717) is 11.4 Å². The van der Waals surface area contributed by atoms with Crippen molar-refractivity contribution in [1.29, 1.82) is 0 Å². The molecule has 0 radical (unpaired) electrons. The molecule has 2 rings (SSSR count). The molecule has 5 heteroatoms. The minimum absolute atomic E-state index is 0.355. The van der Waals surface area contributed by atoms with Crippen LogP contribution < -0.4 is 5.73 Å². The lowest BCUT2D eigenvalue weighted by Gasteiger charge is -2.02. The van der Waals surface area contributed by atoms with Gasteiger partial charge < -0.3 is 5.73 Å². The molecule has 2 unspecified atom stereocenters. The van der Waals surface area contributed by atoms with Crippen LogP contribution in [0.15, 0.2) is 29.2 Å². The minimum atomic E-state index is -1.25. The largest absolute Gasteiger partial charge is 0.368 e. The van der Waals surface area contributed by atoms with Crippen molar-refractivity contribution < 1.29 is 9.00 Å². The Hall–Kier alpha value is -1.20. The molecule has 1 aliphatic rings. The predicted octanol–water partition coefficient (Wildman–Crippen LogP) is 0.187.